The maximum atomic E-state index is 5.89. The molecule has 0 bridgehead atoms. The second kappa shape index (κ2) is 6.14. The summed E-state index contributed by atoms with van der Waals surface area (Å²) >= 11 is 0. The molecule has 4 nitrogen and oxygen atoms in total. The van der Waals surface area contributed by atoms with E-state index in [-0.39, 0.29) is 5.41 Å². The van der Waals surface area contributed by atoms with E-state index in [1.807, 2.05) is 36.4 Å². The van der Waals surface area contributed by atoms with E-state index in [0.29, 0.717) is 23.9 Å². The largest absolute Gasteiger partial charge is 0.493 e. The SMILES string of the molecule is COc1ccccc1Oc1cc(CN)cc(C(C)(C)C)n1. The van der Waals surface area contributed by atoms with Crippen molar-refractivity contribution in [3.05, 3.63) is 47.7 Å². The number of rotatable bonds is 4. The molecule has 112 valence electrons. The number of nitrogens with zero attached hydrogens (tertiary/aromatic N) is 1. The number of ether oxygens (including phenoxy) is 2. The Kier molecular flexibility index (Phi) is 4.48. The molecular weight excluding hydrogens is 264 g/mol. The summed E-state index contributed by atoms with van der Waals surface area (Å²) in [6, 6.07) is 11.4. The number of benzene rings is 1. The van der Waals surface area contributed by atoms with Gasteiger partial charge in [0.05, 0.1) is 12.8 Å². The molecule has 1 aromatic carbocycles. The third-order valence-electron chi connectivity index (χ3n) is 3.15. The van der Waals surface area contributed by atoms with Gasteiger partial charge in [-0.2, -0.15) is 0 Å². The molecule has 0 spiro atoms. The second-order valence-electron chi connectivity index (χ2n) is 5.91. The van der Waals surface area contributed by atoms with Gasteiger partial charge in [-0.3, -0.25) is 0 Å². The molecule has 21 heavy (non-hydrogen) atoms. The molecule has 2 rings (SSSR count). The first-order valence-electron chi connectivity index (χ1n) is 6.96. The van der Waals surface area contributed by atoms with Gasteiger partial charge in [0.15, 0.2) is 11.5 Å². The minimum absolute atomic E-state index is 0.0654. The lowest BCUT2D eigenvalue weighted by Gasteiger charge is -2.20. The van der Waals surface area contributed by atoms with E-state index in [1.54, 1.807) is 7.11 Å². The first-order valence-corrected chi connectivity index (χ1v) is 6.96. The maximum absolute atomic E-state index is 5.89. The van der Waals surface area contributed by atoms with Crippen LogP contribution in [0.25, 0.3) is 0 Å². The van der Waals surface area contributed by atoms with Crippen LogP contribution in [0.3, 0.4) is 0 Å². The minimum Gasteiger partial charge on any atom is -0.493 e. The number of nitrogens with two attached hydrogens (primary N) is 1. The highest BCUT2D eigenvalue weighted by molar-refractivity contribution is 5.42. The van der Waals surface area contributed by atoms with E-state index in [1.165, 1.54) is 0 Å². The lowest BCUT2D eigenvalue weighted by molar-refractivity contribution is 0.372. The van der Waals surface area contributed by atoms with Gasteiger partial charge in [-0.15, -0.1) is 0 Å². The van der Waals surface area contributed by atoms with Crippen LogP contribution in [0.5, 0.6) is 17.4 Å². The summed E-state index contributed by atoms with van der Waals surface area (Å²) in [7, 11) is 1.62. The summed E-state index contributed by atoms with van der Waals surface area (Å²) in [4.78, 5) is 4.59. The number of aromatic nitrogens is 1. The normalized spacial score (nSPS) is 11.3. The highest BCUT2D eigenvalue weighted by Gasteiger charge is 2.18. The van der Waals surface area contributed by atoms with Crippen molar-refractivity contribution in [3.8, 4) is 17.4 Å². The average molecular weight is 286 g/mol. The van der Waals surface area contributed by atoms with Gasteiger partial charge >= 0.3 is 0 Å². The molecule has 0 radical (unpaired) electrons. The van der Waals surface area contributed by atoms with Gasteiger partial charge in [-0.1, -0.05) is 32.9 Å². The fraction of sp³-hybridized carbons (Fsp3) is 0.353. The Morgan fingerprint density at radius 3 is 2.33 bits per heavy atom. The first kappa shape index (κ1) is 15.3. The average Bonchev–Trinajstić information content (AvgIpc) is 2.46. The molecule has 0 amide bonds. The van der Waals surface area contributed by atoms with Crippen molar-refractivity contribution in [2.24, 2.45) is 5.73 Å². The minimum atomic E-state index is -0.0654. The topological polar surface area (TPSA) is 57.4 Å². The van der Waals surface area contributed by atoms with Crippen LogP contribution in [-0.2, 0) is 12.0 Å². The third-order valence-corrected chi connectivity index (χ3v) is 3.15. The molecule has 0 aliphatic carbocycles. The lowest BCUT2D eigenvalue weighted by Crippen LogP contribution is -2.15. The molecule has 4 heteroatoms. The van der Waals surface area contributed by atoms with Gasteiger partial charge < -0.3 is 15.2 Å². The molecule has 0 unspecified atom stereocenters. The fourth-order valence-corrected chi connectivity index (χ4v) is 1.93. The van der Waals surface area contributed by atoms with Crippen molar-refractivity contribution in [1.82, 2.24) is 4.98 Å². The van der Waals surface area contributed by atoms with E-state index >= 15 is 0 Å². The van der Waals surface area contributed by atoms with Gasteiger partial charge in [0.25, 0.3) is 0 Å². The van der Waals surface area contributed by atoms with Crippen LogP contribution in [0.1, 0.15) is 32.0 Å². The van der Waals surface area contributed by atoms with Crippen LogP contribution in [0.2, 0.25) is 0 Å². The maximum Gasteiger partial charge on any atom is 0.219 e. The molecule has 0 aliphatic heterocycles. The highest BCUT2D eigenvalue weighted by Crippen LogP contribution is 2.32. The lowest BCUT2D eigenvalue weighted by atomic mass is 9.91. The Bertz CT molecular complexity index is 618. The standard InChI is InChI=1S/C17H22N2O2/c1-17(2,3)15-9-12(11-18)10-16(19-15)21-14-8-6-5-7-13(14)20-4/h5-10H,11,18H2,1-4H3. The summed E-state index contributed by atoms with van der Waals surface area (Å²) < 4.78 is 11.2. The first-order chi connectivity index (χ1) is 9.94. The predicted molar refractivity (Wildman–Crippen MR) is 83.9 cm³/mol. The predicted octanol–water partition coefficient (Wildman–Crippen LogP) is 3.64. The molecule has 0 saturated carbocycles. The summed E-state index contributed by atoms with van der Waals surface area (Å²) in [6.45, 7) is 6.79. The fourth-order valence-electron chi connectivity index (χ4n) is 1.93. The monoisotopic (exact) mass is 286 g/mol. The van der Waals surface area contributed by atoms with Gasteiger partial charge in [0.1, 0.15) is 0 Å². The Balaban J connectivity index is 2.39. The molecule has 0 atom stereocenters. The van der Waals surface area contributed by atoms with Crippen molar-refractivity contribution in [3.63, 3.8) is 0 Å². The Labute approximate surface area is 125 Å². The Morgan fingerprint density at radius 1 is 1.10 bits per heavy atom. The number of hydrogen-bond donors (Lipinski definition) is 1. The van der Waals surface area contributed by atoms with E-state index in [0.717, 1.165) is 11.3 Å². The van der Waals surface area contributed by atoms with Crippen LogP contribution in [0.4, 0.5) is 0 Å². The van der Waals surface area contributed by atoms with Crippen molar-refractivity contribution in [1.29, 1.82) is 0 Å². The third kappa shape index (κ3) is 3.73. The molecule has 1 heterocycles. The van der Waals surface area contributed by atoms with Gasteiger partial charge in [0.2, 0.25) is 5.88 Å². The number of hydrogen-bond acceptors (Lipinski definition) is 4. The molecule has 0 aliphatic rings. The molecule has 0 fully saturated rings. The molecular formula is C17H22N2O2. The van der Waals surface area contributed by atoms with E-state index in [4.69, 9.17) is 15.2 Å². The summed E-state index contributed by atoms with van der Waals surface area (Å²) in [5.74, 6) is 1.85. The zero-order valence-corrected chi connectivity index (χ0v) is 13.0. The van der Waals surface area contributed by atoms with Gasteiger partial charge in [-0.25, -0.2) is 4.98 Å². The Hall–Kier alpha value is -2.07. The van der Waals surface area contributed by atoms with Crippen LogP contribution >= 0.6 is 0 Å². The quantitative estimate of drug-likeness (QED) is 0.932. The number of pyridine rings is 1. The van der Waals surface area contributed by atoms with Crippen LogP contribution in [-0.4, -0.2) is 12.1 Å². The second-order valence-corrected chi connectivity index (χ2v) is 5.91. The molecule has 0 saturated heterocycles. The van der Waals surface area contributed by atoms with Crippen LogP contribution in [0, 0.1) is 0 Å². The van der Waals surface area contributed by atoms with Crippen molar-refractivity contribution in [2.45, 2.75) is 32.7 Å². The highest BCUT2D eigenvalue weighted by atomic mass is 16.5. The van der Waals surface area contributed by atoms with Crippen molar-refractivity contribution >= 4 is 0 Å². The molecule has 2 N–H and O–H groups in total. The molecule has 1 aromatic heterocycles. The number of methoxy groups -OCH3 is 1. The van der Waals surface area contributed by atoms with Crippen LogP contribution < -0.4 is 15.2 Å². The van der Waals surface area contributed by atoms with Crippen molar-refractivity contribution < 1.29 is 9.47 Å². The van der Waals surface area contributed by atoms with Gasteiger partial charge in [-0.05, 0) is 23.8 Å². The molecule has 2 aromatic rings. The van der Waals surface area contributed by atoms with E-state index < -0.39 is 0 Å². The Morgan fingerprint density at radius 2 is 1.76 bits per heavy atom. The van der Waals surface area contributed by atoms with Gasteiger partial charge in [0, 0.05) is 18.0 Å². The van der Waals surface area contributed by atoms with E-state index in [9.17, 15) is 0 Å². The van der Waals surface area contributed by atoms with Crippen molar-refractivity contribution in [2.75, 3.05) is 7.11 Å². The summed E-state index contributed by atoms with van der Waals surface area (Å²) in [5, 5.41) is 0. The van der Waals surface area contributed by atoms with E-state index in [2.05, 4.69) is 25.8 Å². The summed E-state index contributed by atoms with van der Waals surface area (Å²) in [6.07, 6.45) is 0. The zero-order valence-electron chi connectivity index (χ0n) is 13.0. The smallest absolute Gasteiger partial charge is 0.219 e. The number of para-hydroxylation sites is 2. The summed E-state index contributed by atoms with van der Waals surface area (Å²) in [5.41, 5.74) is 7.66. The zero-order chi connectivity index (χ0) is 15.5. The van der Waals surface area contributed by atoms with Crippen LogP contribution in [0.15, 0.2) is 36.4 Å².